The Kier molecular flexibility index (Phi) is 4.40. The number of nitrogens with zero attached hydrogens (tertiary/aromatic N) is 1. The van der Waals surface area contributed by atoms with Gasteiger partial charge < -0.3 is 15.7 Å². The molecule has 0 aliphatic rings. The molecular formula is C8H16N2O3. The van der Waals surface area contributed by atoms with Crippen LogP contribution >= 0.6 is 0 Å². The monoisotopic (exact) mass is 188 g/mol. The number of carbonyl (C=O) groups is 2. The lowest BCUT2D eigenvalue weighted by Gasteiger charge is -2.26. The van der Waals surface area contributed by atoms with Crippen molar-refractivity contribution in [3.8, 4) is 0 Å². The molecule has 5 nitrogen and oxygen atoms in total. The molecule has 13 heavy (non-hydrogen) atoms. The van der Waals surface area contributed by atoms with Crippen molar-refractivity contribution in [1.29, 1.82) is 0 Å². The summed E-state index contributed by atoms with van der Waals surface area (Å²) in [5.41, 5.74) is 5.32. The minimum Gasteiger partial charge on any atom is -0.479 e. The van der Waals surface area contributed by atoms with E-state index in [1.807, 2.05) is 0 Å². The minimum absolute atomic E-state index is 0.231. The highest BCUT2D eigenvalue weighted by atomic mass is 16.4. The van der Waals surface area contributed by atoms with Gasteiger partial charge in [0, 0.05) is 12.5 Å². The average Bonchev–Trinajstić information content (AvgIpc) is 2.04. The van der Waals surface area contributed by atoms with Crippen molar-refractivity contribution in [3.63, 3.8) is 0 Å². The maximum absolute atomic E-state index is 11.4. The van der Waals surface area contributed by atoms with E-state index in [0.29, 0.717) is 6.54 Å². The topological polar surface area (TPSA) is 83.6 Å². The molecule has 0 heterocycles. The van der Waals surface area contributed by atoms with Gasteiger partial charge in [-0.15, -0.1) is 0 Å². The second-order valence-corrected chi connectivity index (χ2v) is 3.06. The molecule has 0 spiro atoms. The van der Waals surface area contributed by atoms with Crippen molar-refractivity contribution in [2.45, 2.75) is 26.9 Å². The van der Waals surface area contributed by atoms with Crippen LogP contribution in [0, 0.1) is 5.92 Å². The van der Waals surface area contributed by atoms with Gasteiger partial charge in [0.05, 0.1) is 0 Å². The van der Waals surface area contributed by atoms with Gasteiger partial charge in [-0.2, -0.15) is 0 Å². The van der Waals surface area contributed by atoms with E-state index in [2.05, 4.69) is 0 Å². The van der Waals surface area contributed by atoms with Gasteiger partial charge in [0.2, 0.25) is 5.91 Å². The predicted molar refractivity (Wildman–Crippen MR) is 47.8 cm³/mol. The van der Waals surface area contributed by atoms with Gasteiger partial charge in [0.25, 0.3) is 0 Å². The number of carbonyl (C=O) groups excluding carboxylic acids is 1. The van der Waals surface area contributed by atoms with Crippen molar-refractivity contribution < 1.29 is 14.7 Å². The molecule has 0 rings (SSSR count). The normalized spacial score (nSPS) is 12.7. The van der Waals surface area contributed by atoms with Crippen molar-refractivity contribution in [1.82, 2.24) is 4.90 Å². The molecule has 0 aromatic rings. The van der Waals surface area contributed by atoms with Gasteiger partial charge in [-0.25, -0.2) is 4.79 Å². The summed E-state index contributed by atoms with van der Waals surface area (Å²) >= 11 is 0. The van der Waals surface area contributed by atoms with Crippen molar-refractivity contribution >= 4 is 11.9 Å². The number of carboxylic acid groups (broad SMARTS) is 1. The first-order valence-corrected chi connectivity index (χ1v) is 4.20. The standard InChI is InChI=1S/C8H16N2O3/c1-4-10(6(9)8(12)13)7(11)5(2)3/h5-6H,4,9H2,1-3H3,(H,12,13). The number of carboxylic acids is 1. The molecule has 0 aliphatic heterocycles. The highest BCUT2D eigenvalue weighted by Gasteiger charge is 2.25. The maximum Gasteiger partial charge on any atom is 0.341 e. The lowest BCUT2D eigenvalue weighted by Crippen LogP contribution is -2.51. The van der Waals surface area contributed by atoms with Crippen molar-refractivity contribution in [2.75, 3.05) is 6.54 Å². The summed E-state index contributed by atoms with van der Waals surface area (Å²) in [6.45, 7) is 5.42. The Balaban J connectivity index is 4.50. The first-order chi connectivity index (χ1) is 5.91. The Hall–Kier alpha value is -1.10. The van der Waals surface area contributed by atoms with E-state index in [1.165, 1.54) is 0 Å². The van der Waals surface area contributed by atoms with E-state index in [-0.39, 0.29) is 11.8 Å². The van der Waals surface area contributed by atoms with Crippen LogP contribution in [0.25, 0.3) is 0 Å². The summed E-state index contributed by atoms with van der Waals surface area (Å²) in [5.74, 6) is -1.65. The van der Waals surface area contributed by atoms with E-state index in [4.69, 9.17) is 10.8 Å². The second-order valence-electron chi connectivity index (χ2n) is 3.06. The molecule has 5 heteroatoms. The first-order valence-electron chi connectivity index (χ1n) is 4.20. The summed E-state index contributed by atoms with van der Waals surface area (Å²) in [5, 5.41) is 8.60. The lowest BCUT2D eigenvalue weighted by molar-refractivity contribution is -0.151. The third-order valence-electron chi connectivity index (χ3n) is 1.71. The molecule has 1 atom stereocenters. The van der Waals surface area contributed by atoms with Gasteiger partial charge in [0.1, 0.15) is 0 Å². The third-order valence-corrected chi connectivity index (χ3v) is 1.71. The number of likely N-dealkylation sites (N-methyl/N-ethyl adjacent to an activating group) is 1. The van der Waals surface area contributed by atoms with Crippen LogP contribution in [0.1, 0.15) is 20.8 Å². The van der Waals surface area contributed by atoms with E-state index in [1.54, 1.807) is 20.8 Å². The molecule has 0 aromatic carbocycles. The zero-order valence-electron chi connectivity index (χ0n) is 8.15. The van der Waals surface area contributed by atoms with Crippen LogP contribution in [0.2, 0.25) is 0 Å². The zero-order valence-corrected chi connectivity index (χ0v) is 8.15. The van der Waals surface area contributed by atoms with Gasteiger partial charge >= 0.3 is 5.97 Å². The zero-order chi connectivity index (χ0) is 10.6. The molecule has 0 aromatic heterocycles. The Labute approximate surface area is 77.5 Å². The van der Waals surface area contributed by atoms with Crippen LogP contribution in [0.5, 0.6) is 0 Å². The van der Waals surface area contributed by atoms with Crippen LogP contribution < -0.4 is 5.73 Å². The van der Waals surface area contributed by atoms with E-state index in [0.717, 1.165) is 4.90 Å². The number of aliphatic carboxylic acids is 1. The summed E-state index contributed by atoms with van der Waals surface area (Å²) in [6.07, 6.45) is -1.24. The molecule has 1 unspecified atom stereocenters. The largest absolute Gasteiger partial charge is 0.479 e. The molecule has 0 saturated heterocycles. The van der Waals surface area contributed by atoms with Gasteiger partial charge in [0.15, 0.2) is 6.17 Å². The first kappa shape index (κ1) is 11.9. The summed E-state index contributed by atoms with van der Waals surface area (Å²) in [4.78, 5) is 23.1. The van der Waals surface area contributed by atoms with Crippen molar-refractivity contribution in [3.05, 3.63) is 0 Å². The fraction of sp³-hybridized carbons (Fsp3) is 0.750. The van der Waals surface area contributed by atoms with Gasteiger partial charge in [-0.05, 0) is 6.92 Å². The third kappa shape index (κ3) is 3.02. The molecule has 0 aliphatic carbocycles. The Morgan fingerprint density at radius 1 is 1.46 bits per heavy atom. The van der Waals surface area contributed by atoms with Gasteiger partial charge in [-0.1, -0.05) is 13.8 Å². The van der Waals surface area contributed by atoms with Crippen LogP contribution in [-0.2, 0) is 9.59 Å². The molecule has 3 N–H and O–H groups in total. The van der Waals surface area contributed by atoms with E-state index < -0.39 is 12.1 Å². The highest BCUT2D eigenvalue weighted by Crippen LogP contribution is 2.03. The van der Waals surface area contributed by atoms with Crippen LogP contribution in [0.15, 0.2) is 0 Å². The second kappa shape index (κ2) is 4.81. The molecule has 0 fully saturated rings. The molecule has 0 radical (unpaired) electrons. The maximum atomic E-state index is 11.4. The smallest absolute Gasteiger partial charge is 0.341 e. The van der Waals surface area contributed by atoms with E-state index >= 15 is 0 Å². The fourth-order valence-corrected chi connectivity index (χ4v) is 0.955. The quantitative estimate of drug-likeness (QED) is 0.601. The molecule has 1 amide bonds. The molecule has 76 valence electrons. The minimum atomic E-state index is -1.24. The highest BCUT2D eigenvalue weighted by molar-refractivity contribution is 5.84. The predicted octanol–water partition coefficient (Wildman–Crippen LogP) is -0.140. The molecule has 0 saturated carbocycles. The average molecular weight is 188 g/mol. The Bertz CT molecular complexity index is 204. The SMILES string of the molecule is CCN(C(=O)C(C)C)C(N)C(=O)O. The van der Waals surface area contributed by atoms with Crippen molar-refractivity contribution in [2.24, 2.45) is 11.7 Å². The summed E-state index contributed by atoms with van der Waals surface area (Å²) in [7, 11) is 0. The number of hydrogen-bond acceptors (Lipinski definition) is 3. The van der Waals surface area contributed by atoms with Gasteiger partial charge in [-0.3, -0.25) is 4.79 Å². The van der Waals surface area contributed by atoms with Crippen LogP contribution in [0.4, 0.5) is 0 Å². The summed E-state index contributed by atoms with van der Waals surface area (Å²) < 4.78 is 0. The lowest BCUT2D eigenvalue weighted by atomic mass is 10.2. The number of nitrogens with two attached hydrogens (primary N) is 1. The van der Waals surface area contributed by atoms with Crippen LogP contribution in [0.3, 0.4) is 0 Å². The fourth-order valence-electron chi connectivity index (χ4n) is 0.955. The molecular weight excluding hydrogens is 172 g/mol. The number of amides is 1. The van der Waals surface area contributed by atoms with E-state index in [9.17, 15) is 9.59 Å². The molecule has 0 bridgehead atoms. The number of rotatable bonds is 4. The summed E-state index contributed by atoms with van der Waals surface area (Å²) in [6, 6.07) is 0. The Morgan fingerprint density at radius 2 is 1.92 bits per heavy atom. The Morgan fingerprint density at radius 3 is 2.15 bits per heavy atom. The van der Waals surface area contributed by atoms with Crippen LogP contribution in [-0.4, -0.2) is 34.6 Å². The number of hydrogen-bond donors (Lipinski definition) is 2.